The molecule has 0 saturated carbocycles. The lowest BCUT2D eigenvalue weighted by Gasteiger charge is -2.41. The largest absolute Gasteiger partial charge is 0.465 e. The third-order valence-electron chi connectivity index (χ3n) is 5.87. The second-order valence-electron chi connectivity index (χ2n) is 8.36. The van der Waals surface area contributed by atoms with Crippen LogP contribution in [0.1, 0.15) is 46.3 Å². The monoisotopic (exact) mass is 494 g/mol. The van der Waals surface area contributed by atoms with Crippen LogP contribution in [0.3, 0.4) is 0 Å². The van der Waals surface area contributed by atoms with Gasteiger partial charge < -0.3 is 9.84 Å². The molecule has 1 aliphatic heterocycles. The number of methoxy groups -OCH3 is 1. The van der Waals surface area contributed by atoms with E-state index in [2.05, 4.69) is 10.0 Å². The molecule has 0 bridgehead atoms. The molecule has 1 N–H and O–H groups in total. The minimum absolute atomic E-state index is 0.161. The van der Waals surface area contributed by atoms with Crippen molar-refractivity contribution in [2.24, 2.45) is 0 Å². The number of hydrazine groups is 1. The first-order valence-corrected chi connectivity index (χ1v) is 11.6. The van der Waals surface area contributed by atoms with Crippen molar-refractivity contribution >= 4 is 23.2 Å². The molecule has 1 aliphatic rings. The van der Waals surface area contributed by atoms with Crippen LogP contribution in [0.5, 0.6) is 0 Å². The van der Waals surface area contributed by atoms with Gasteiger partial charge >= 0.3 is 12.1 Å². The standard InChI is InChI=1S/C25H29F3N2O3S/c1-33-24(32)20-9-7-18(8-10-20)11-15-30-23(34)6-3-13-29(30)14-12-22(31)17-19-4-2-5-21(16-19)25(26,27)28/h2,4-5,7-10,16,22,31H,3,6,11-15,17H2,1H3. The quantitative estimate of drug-likeness (QED) is 0.404. The summed E-state index contributed by atoms with van der Waals surface area (Å²) in [5, 5.41) is 14.7. The number of hydrogen-bond acceptors (Lipinski definition) is 5. The Morgan fingerprint density at radius 3 is 2.56 bits per heavy atom. The molecule has 184 valence electrons. The Kier molecular flexibility index (Phi) is 9.04. The Labute approximate surface area is 203 Å². The van der Waals surface area contributed by atoms with E-state index in [9.17, 15) is 23.1 Å². The van der Waals surface area contributed by atoms with E-state index in [-0.39, 0.29) is 12.4 Å². The molecular formula is C25H29F3N2O3S. The molecule has 0 amide bonds. The molecular weight excluding hydrogens is 465 g/mol. The molecule has 0 spiro atoms. The highest BCUT2D eigenvalue weighted by Crippen LogP contribution is 2.30. The van der Waals surface area contributed by atoms with Crippen molar-refractivity contribution < 1.29 is 27.8 Å². The number of aliphatic hydroxyl groups is 1. The van der Waals surface area contributed by atoms with Crippen LogP contribution in [-0.2, 0) is 23.8 Å². The van der Waals surface area contributed by atoms with Gasteiger partial charge in [0.2, 0.25) is 0 Å². The van der Waals surface area contributed by atoms with E-state index in [0.29, 0.717) is 30.6 Å². The molecule has 2 aromatic carbocycles. The van der Waals surface area contributed by atoms with Gasteiger partial charge in [0.15, 0.2) is 0 Å². The van der Waals surface area contributed by atoms with Gasteiger partial charge in [-0.25, -0.2) is 9.80 Å². The number of aliphatic hydroxyl groups excluding tert-OH is 1. The average molecular weight is 495 g/mol. The smallest absolute Gasteiger partial charge is 0.416 e. The second kappa shape index (κ2) is 11.8. The minimum Gasteiger partial charge on any atom is -0.465 e. The highest BCUT2D eigenvalue weighted by Gasteiger charge is 2.30. The normalized spacial score (nSPS) is 15.9. The zero-order valence-electron chi connectivity index (χ0n) is 19.1. The van der Waals surface area contributed by atoms with Crippen LogP contribution in [0, 0.1) is 0 Å². The van der Waals surface area contributed by atoms with E-state index in [1.165, 1.54) is 13.2 Å². The first kappa shape index (κ1) is 26.1. The molecule has 9 heteroatoms. The number of carbonyl (C=O) groups excluding carboxylic acids is 1. The fraction of sp³-hybridized carbons (Fsp3) is 0.440. The number of hydrogen-bond donors (Lipinski definition) is 1. The average Bonchev–Trinajstić information content (AvgIpc) is 2.81. The maximum atomic E-state index is 12.9. The zero-order valence-corrected chi connectivity index (χ0v) is 19.9. The number of alkyl halides is 3. The van der Waals surface area contributed by atoms with Gasteiger partial charge in [0.05, 0.1) is 29.3 Å². The van der Waals surface area contributed by atoms with Gasteiger partial charge in [0, 0.05) is 26.1 Å². The van der Waals surface area contributed by atoms with Gasteiger partial charge in [-0.3, -0.25) is 5.01 Å². The summed E-state index contributed by atoms with van der Waals surface area (Å²) in [5.74, 6) is -0.376. The van der Waals surface area contributed by atoms with Crippen molar-refractivity contribution in [3.8, 4) is 0 Å². The fourth-order valence-electron chi connectivity index (χ4n) is 4.03. The fourth-order valence-corrected chi connectivity index (χ4v) is 4.38. The predicted octanol–water partition coefficient (Wildman–Crippen LogP) is 4.67. The Morgan fingerprint density at radius 2 is 1.88 bits per heavy atom. The molecule has 1 heterocycles. The molecule has 0 aromatic heterocycles. The summed E-state index contributed by atoms with van der Waals surface area (Å²) in [4.78, 5) is 12.4. The van der Waals surface area contributed by atoms with Crippen molar-refractivity contribution in [2.45, 2.75) is 44.4 Å². The van der Waals surface area contributed by atoms with E-state index in [1.807, 2.05) is 12.1 Å². The van der Waals surface area contributed by atoms with Crippen LogP contribution in [-0.4, -0.2) is 58.9 Å². The van der Waals surface area contributed by atoms with Crippen LogP contribution in [0.15, 0.2) is 48.5 Å². The molecule has 5 nitrogen and oxygen atoms in total. The van der Waals surface area contributed by atoms with Crippen LogP contribution in [0.25, 0.3) is 0 Å². The maximum Gasteiger partial charge on any atom is 0.416 e. The summed E-state index contributed by atoms with van der Waals surface area (Å²) in [7, 11) is 1.35. The van der Waals surface area contributed by atoms with Gasteiger partial charge in [-0.2, -0.15) is 13.2 Å². The number of esters is 1. The lowest BCUT2D eigenvalue weighted by molar-refractivity contribution is -0.137. The van der Waals surface area contributed by atoms with Crippen LogP contribution >= 0.6 is 12.2 Å². The third kappa shape index (κ3) is 7.25. The molecule has 2 aromatic rings. The van der Waals surface area contributed by atoms with E-state index >= 15 is 0 Å². The Balaban J connectivity index is 1.54. The third-order valence-corrected chi connectivity index (χ3v) is 6.28. The predicted molar refractivity (Wildman–Crippen MR) is 127 cm³/mol. The highest BCUT2D eigenvalue weighted by atomic mass is 32.1. The van der Waals surface area contributed by atoms with Crippen LogP contribution in [0.2, 0.25) is 0 Å². The molecule has 0 aliphatic carbocycles. The Bertz CT molecular complexity index is 982. The van der Waals surface area contributed by atoms with Gasteiger partial charge in [0.25, 0.3) is 0 Å². The van der Waals surface area contributed by atoms with Crippen molar-refractivity contribution in [1.82, 2.24) is 10.0 Å². The number of thiocarbonyl (C=S) groups is 1. The molecule has 1 unspecified atom stereocenters. The van der Waals surface area contributed by atoms with Gasteiger partial charge in [-0.1, -0.05) is 42.5 Å². The van der Waals surface area contributed by atoms with Gasteiger partial charge in [-0.15, -0.1) is 0 Å². The summed E-state index contributed by atoms with van der Waals surface area (Å²) in [5.41, 5.74) is 1.31. The number of benzene rings is 2. The highest BCUT2D eigenvalue weighted by molar-refractivity contribution is 7.80. The topological polar surface area (TPSA) is 53.0 Å². The van der Waals surface area contributed by atoms with E-state index in [1.54, 1.807) is 18.2 Å². The van der Waals surface area contributed by atoms with E-state index in [0.717, 1.165) is 48.5 Å². The number of nitrogens with zero attached hydrogens (tertiary/aromatic N) is 2. The SMILES string of the molecule is COC(=O)c1ccc(CCN2C(=S)CCCN2CCC(O)Cc2cccc(C(F)(F)F)c2)cc1. The van der Waals surface area contributed by atoms with Gasteiger partial charge in [0.1, 0.15) is 0 Å². The van der Waals surface area contributed by atoms with Crippen molar-refractivity contribution in [3.63, 3.8) is 0 Å². The summed E-state index contributed by atoms with van der Waals surface area (Å²) in [6, 6.07) is 12.3. The lowest BCUT2D eigenvalue weighted by Crippen LogP contribution is -2.51. The summed E-state index contributed by atoms with van der Waals surface area (Å²) >= 11 is 5.58. The molecule has 1 saturated heterocycles. The molecule has 3 rings (SSSR count). The number of halogens is 3. The Morgan fingerprint density at radius 1 is 1.15 bits per heavy atom. The van der Waals surface area contributed by atoms with E-state index < -0.39 is 17.8 Å². The van der Waals surface area contributed by atoms with Crippen molar-refractivity contribution in [2.75, 3.05) is 26.7 Å². The van der Waals surface area contributed by atoms with Crippen molar-refractivity contribution in [1.29, 1.82) is 0 Å². The summed E-state index contributed by atoms with van der Waals surface area (Å²) in [6.45, 7) is 2.03. The zero-order chi connectivity index (χ0) is 24.7. The van der Waals surface area contributed by atoms with E-state index in [4.69, 9.17) is 17.0 Å². The molecule has 1 atom stereocenters. The van der Waals surface area contributed by atoms with Crippen LogP contribution in [0.4, 0.5) is 13.2 Å². The van der Waals surface area contributed by atoms with Crippen molar-refractivity contribution in [3.05, 3.63) is 70.8 Å². The first-order chi connectivity index (χ1) is 16.2. The molecule has 34 heavy (non-hydrogen) atoms. The minimum atomic E-state index is -4.40. The lowest BCUT2D eigenvalue weighted by atomic mass is 10.0. The summed E-state index contributed by atoms with van der Waals surface area (Å²) in [6.07, 6.45) is -2.10. The molecule has 1 fully saturated rings. The number of carbonyl (C=O) groups is 1. The number of ether oxygens (including phenoxy) is 1. The first-order valence-electron chi connectivity index (χ1n) is 11.2. The number of rotatable bonds is 9. The van der Waals surface area contributed by atoms with Gasteiger partial charge in [-0.05, 0) is 55.0 Å². The molecule has 0 radical (unpaired) electrons. The Hall–Kier alpha value is -2.49. The van der Waals surface area contributed by atoms with Crippen LogP contribution < -0.4 is 0 Å². The maximum absolute atomic E-state index is 12.9. The second-order valence-corrected chi connectivity index (χ2v) is 8.83. The summed E-state index contributed by atoms with van der Waals surface area (Å²) < 4.78 is 43.5.